The average molecular weight is 133 g/mol. The molecule has 0 aromatic heterocycles. The molecule has 0 amide bonds. The third-order valence-corrected chi connectivity index (χ3v) is 2.29. The molecule has 0 saturated carbocycles. The van der Waals surface area contributed by atoms with Gasteiger partial charge in [0.05, 0.1) is 5.37 Å². The van der Waals surface area contributed by atoms with Gasteiger partial charge in [0.1, 0.15) is 0 Å². The Hall–Kier alpha value is -0.180. The number of rotatable bonds is 0. The van der Waals surface area contributed by atoms with Crippen molar-refractivity contribution < 1.29 is 4.39 Å². The highest BCUT2D eigenvalue weighted by atomic mass is 32.2. The van der Waals surface area contributed by atoms with E-state index in [-0.39, 0.29) is 11.3 Å². The van der Waals surface area contributed by atoms with Gasteiger partial charge in [-0.15, -0.1) is 11.8 Å². The molecule has 0 aliphatic carbocycles. The summed E-state index contributed by atoms with van der Waals surface area (Å²) < 4.78 is 12.3. The first kappa shape index (κ1) is 5.95. The second-order valence-electron chi connectivity index (χ2n) is 1.79. The molecule has 0 N–H and O–H groups in total. The van der Waals surface area contributed by atoms with Crippen molar-refractivity contribution >= 4 is 11.8 Å². The van der Waals surface area contributed by atoms with E-state index in [1.165, 1.54) is 17.2 Å². The van der Waals surface area contributed by atoms with Crippen LogP contribution in [-0.2, 0) is 0 Å². The first-order chi connectivity index (χ1) is 3.72. The molecule has 1 unspecified atom stereocenters. The Morgan fingerprint density at radius 3 is 2.62 bits per heavy atom. The Morgan fingerprint density at radius 2 is 2.50 bits per heavy atom. The Kier molecular flexibility index (Phi) is 1.47. The molecule has 0 aromatic carbocycles. The van der Waals surface area contributed by atoms with Crippen molar-refractivity contribution in [3.05, 3.63) is 11.4 Å². The first-order valence-corrected chi connectivity index (χ1v) is 3.40. The van der Waals surface area contributed by atoms with Crippen LogP contribution in [0.5, 0.6) is 0 Å². The minimum Gasteiger partial charge on any atom is -0.339 e. The number of hydrogen-bond donors (Lipinski definition) is 0. The Morgan fingerprint density at radius 1 is 1.88 bits per heavy atom. The highest BCUT2D eigenvalue weighted by molar-refractivity contribution is 8.02. The summed E-state index contributed by atoms with van der Waals surface area (Å²) in [4.78, 5) is 1.60. The molecular weight excluding hydrogens is 125 g/mol. The fourth-order valence-corrected chi connectivity index (χ4v) is 1.26. The van der Waals surface area contributed by atoms with E-state index in [2.05, 4.69) is 0 Å². The lowest BCUT2D eigenvalue weighted by molar-refractivity contribution is 0.324. The van der Waals surface area contributed by atoms with Gasteiger partial charge in [-0.05, 0) is 6.92 Å². The maximum absolute atomic E-state index is 12.3. The lowest BCUT2D eigenvalue weighted by atomic mass is 10.6. The standard InChI is InChI=1S/C5H8FNS/c1-4-7(2)5(6)3-8-4/h3-4H,1-2H3. The van der Waals surface area contributed by atoms with E-state index in [1.807, 2.05) is 6.92 Å². The van der Waals surface area contributed by atoms with Gasteiger partial charge in [-0.3, -0.25) is 0 Å². The quantitative estimate of drug-likeness (QED) is 0.463. The SMILES string of the molecule is CC1SC=C(F)N1C. The predicted octanol–water partition coefficient (Wildman–Crippen LogP) is 1.78. The van der Waals surface area contributed by atoms with Crippen molar-refractivity contribution in [1.29, 1.82) is 0 Å². The van der Waals surface area contributed by atoms with E-state index in [1.54, 1.807) is 11.9 Å². The van der Waals surface area contributed by atoms with Crippen LogP contribution in [0.2, 0.25) is 0 Å². The molecule has 0 radical (unpaired) electrons. The number of halogens is 1. The Bertz CT molecular complexity index is 124. The van der Waals surface area contributed by atoms with E-state index in [4.69, 9.17) is 0 Å². The molecule has 1 rings (SSSR count). The van der Waals surface area contributed by atoms with Crippen molar-refractivity contribution in [3.8, 4) is 0 Å². The summed E-state index contributed by atoms with van der Waals surface area (Å²) in [5.74, 6) is -0.123. The molecule has 3 heteroatoms. The van der Waals surface area contributed by atoms with Crippen LogP contribution in [0.3, 0.4) is 0 Å². The molecule has 0 saturated heterocycles. The van der Waals surface area contributed by atoms with Crippen LogP contribution in [-0.4, -0.2) is 17.3 Å². The maximum Gasteiger partial charge on any atom is 0.196 e. The van der Waals surface area contributed by atoms with Crippen molar-refractivity contribution in [2.75, 3.05) is 7.05 Å². The van der Waals surface area contributed by atoms with E-state index < -0.39 is 0 Å². The number of nitrogens with zero attached hydrogens (tertiary/aromatic N) is 1. The van der Waals surface area contributed by atoms with Crippen molar-refractivity contribution in [2.45, 2.75) is 12.3 Å². The van der Waals surface area contributed by atoms with Crippen LogP contribution in [0.15, 0.2) is 11.4 Å². The molecule has 0 bridgehead atoms. The molecule has 46 valence electrons. The van der Waals surface area contributed by atoms with Crippen LogP contribution in [0.1, 0.15) is 6.92 Å². The summed E-state index contributed by atoms with van der Waals surface area (Å²) in [6.45, 7) is 1.97. The van der Waals surface area contributed by atoms with E-state index in [9.17, 15) is 4.39 Å². The molecule has 1 heterocycles. The van der Waals surface area contributed by atoms with E-state index in [0.29, 0.717) is 0 Å². The topological polar surface area (TPSA) is 3.24 Å². The fraction of sp³-hybridized carbons (Fsp3) is 0.600. The summed E-state index contributed by atoms with van der Waals surface area (Å²) in [6, 6.07) is 0. The highest BCUT2D eigenvalue weighted by Crippen LogP contribution is 2.28. The van der Waals surface area contributed by atoms with Gasteiger partial charge in [-0.2, -0.15) is 4.39 Å². The minimum absolute atomic E-state index is 0.123. The number of hydrogen-bond acceptors (Lipinski definition) is 2. The van der Waals surface area contributed by atoms with Crippen molar-refractivity contribution in [1.82, 2.24) is 4.90 Å². The third-order valence-electron chi connectivity index (χ3n) is 1.24. The molecule has 1 aliphatic rings. The van der Waals surface area contributed by atoms with E-state index in [0.717, 1.165) is 0 Å². The van der Waals surface area contributed by atoms with Gasteiger partial charge in [-0.25, -0.2) is 0 Å². The molecule has 1 aliphatic heterocycles. The molecule has 0 spiro atoms. The van der Waals surface area contributed by atoms with Crippen molar-refractivity contribution in [2.24, 2.45) is 0 Å². The summed E-state index contributed by atoms with van der Waals surface area (Å²) in [7, 11) is 1.75. The first-order valence-electron chi connectivity index (χ1n) is 2.46. The number of thioether (sulfide) groups is 1. The van der Waals surface area contributed by atoms with Crippen LogP contribution in [0.4, 0.5) is 4.39 Å². The zero-order valence-corrected chi connectivity index (χ0v) is 5.70. The lowest BCUT2D eigenvalue weighted by Gasteiger charge is -2.14. The molecule has 0 aromatic rings. The monoisotopic (exact) mass is 133 g/mol. The Balaban J connectivity index is 2.59. The zero-order valence-electron chi connectivity index (χ0n) is 4.89. The predicted molar refractivity (Wildman–Crippen MR) is 34.0 cm³/mol. The summed E-state index contributed by atoms with van der Waals surface area (Å²) in [5, 5.41) is 1.81. The van der Waals surface area contributed by atoms with Gasteiger partial charge >= 0.3 is 0 Å². The van der Waals surface area contributed by atoms with Crippen LogP contribution < -0.4 is 0 Å². The van der Waals surface area contributed by atoms with Gasteiger partial charge in [0, 0.05) is 12.5 Å². The molecular formula is C5H8FNS. The Labute approximate surface area is 52.6 Å². The molecule has 0 fully saturated rings. The van der Waals surface area contributed by atoms with Gasteiger partial charge in [0.25, 0.3) is 0 Å². The van der Waals surface area contributed by atoms with Gasteiger partial charge in [0.15, 0.2) is 5.95 Å². The smallest absolute Gasteiger partial charge is 0.196 e. The molecule has 1 atom stereocenters. The average Bonchev–Trinajstić information content (AvgIpc) is 1.98. The zero-order chi connectivity index (χ0) is 6.15. The van der Waals surface area contributed by atoms with Gasteiger partial charge in [-0.1, -0.05) is 0 Å². The molecule has 1 nitrogen and oxygen atoms in total. The lowest BCUT2D eigenvalue weighted by Crippen LogP contribution is -2.18. The second-order valence-corrected chi connectivity index (χ2v) is 2.98. The normalized spacial score (nSPS) is 28.6. The second kappa shape index (κ2) is 1.97. The molecule has 8 heavy (non-hydrogen) atoms. The van der Waals surface area contributed by atoms with Gasteiger partial charge in [0.2, 0.25) is 0 Å². The third kappa shape index (κ3) is 0.823. The van der Waals surface area contributed by atoms with Crippen LogP contribution in [0, 0.1) is 0 Å². The fourth-order valence-electron chi connectivity index (χ4n) is 0.503. The summed E-state index contributed by atoms with van der Waals surface area (Å²) >= 11 is 1.50. The largest absolute Gasteiger partial charge is 0.339 e. The minimum atomic E-state index is -0.123. The summed E-state index contributed by atoms with van der Waals surface area (Å²) in [6.07, 6.45) is 0. The maximum atomic E-state index is 12.3. The van der Waals surface area contributed by atoms with Crippen LogP contribution in [0.25, 0.3) is 0 Å². The summed E-state index contributed by atoms with van der Waals surface area (Å²) in [5.41, 5.74) is 0. The highest BCUT2D eigenvalue weighted by Gasteiger charge is 2.17. The van der Waals surface area contributed by atoms with Crippen LogP contribution >= 0.6 is 11.8 Å². The van der Waals surface area contributed by atoms with E-state index >= 15 is 0 Å². The van der Waals surface area contributed by atoms with Gasteiger partial charge < -0.3 is 4.90 Å². The van der Waals surface area contributed by atoms with Crippen molar-refractivity contribution in [3.63, 3.8) is 0 Å².